The molecule has 1 fully saturated rings. The number of halogens is 1. The minimum Gasteiger partial charge on any atom is -0.489 e. The molecule has 20 heavy (non-hydrogen) atoms. The van der Waals surface area contributed by atoms with Crippen LogP contribution in [0.1, 0.15) is 12.8 Å². The molecule has 1 spiro atoms. The predicted octanol–water partition coefficient (Wildman–Crippen LogP) is 2.97. The molecule has 2 heterocycles. The van der Waals surface area contributed by atoms with E-state index in [1.54, 1.807) is 6.07 Å². The summed E-state index contributed by atoms with van der Waals surface area (Å²) in [4.78, 5) is 0. The Morgan fingerprint density at radius 3 is 2.45 bits per heavy atom. The molecule has 0 unspecified atom stereocenters. The van der Waals surface area contributed by atoms with Gasteiger partial charge in [-0.3, -0.25) is 5.10 Å². The summed E-state index contributed by atoms with van der Waals surface area (Å²) in [5.74, 6) is 2.04. The van der Waals surface area contributed by atoms with Crippen LogP contribution in [0.15, 0.2) is 22.7 Å². The summed E-state index contributed by atoms with van der Waals surface area (Å²) >= 11 is 3.57. The summed E-state index contributed by atoms with van der Waals surface area (Å²) in [6, 6.07) is 5.71. The lowest BCUT2D eigenvalue weighted by atomic mass is 10.1. The number of nitrogens with two attached hydrogens (primary N) is 1. The van der Waals surface area contributed by atoms with Gasteiger partial charge in [0.05, 0.1) is 18.9 Å². The van der Waals surface area contributed by atoms with Gasteiger partial charge >= 0.3 is 0 Å². The molecule has 1 saturated carbocycles. The Morgan fingerprint density at radius 2 is 1.85 bits per heavy atom. The van der Waals surface area contributed by atoms with E-state index in [4.69, 9.17) is 15.2 Å². The predicted molar refractivity (Wildman–Crippen MR) is 78.8 cm³/mol. The number of nitrogens with one attached hydrogen (secondary N) is 1. The zero-order valence-electron chi connectivity index (χ0n) is 10.8. The minimum atomic E-state index is 0.240. The number of aromatic nitrogens is 2. The molecule has 0 atom stereocenters. The molecule has 1 aromatic heterocycles. The molecule has 5 nitrogen and oxygen atoms in total. The molecule has 0 saturated heterocycles. The third-order valence-corrected chi connectivity index (χ3v) is 4.60. The fourth-order valence-corrected chi connectivity index (χ4v) is 2.95. The Kier molecular flexibility index (Phi) is 2.51. The van der Waals surface area contributed by atoms with Crippen LogP contribution in [0, 0.1) is 5.41 Å². The van der Waals surface area contributed by atoms with E-state index in [9.17, 15) is 0 Å². The monoisotopic (exact) mass is 335 g/mol. The van der Waals surface area contributed by atoms with Crippen molar-refractivity contribution in [2.75, 3.05) is 18.9 Å². The molecule has 3 N–H and O–H groups in total. The summed E-state index contributed by atoms with van der Waals surface area (Å²) in [6.45, 7) is 1.47. The second kappa shape index (κ2) is 4.15. The van der Waals surface area contributed by atoms with Crippen molar-refractivity contribution in [2.45, 2.75) is 12.8 Å². The van der Waals surface area contributed by atoms with Crippen LogP contribution in [0.2, 0.25) is 0 Å². The summed E-state index contributed by atoms with van der Waals surface area (Å²) in [7, 11) is 0. The van der Waals surface area contributed by atoms with Gasteiger partial charge in [-0.25, -0.2) is 0 Å². The number of anilines is 1. The second-order valence-electron chi connectivity index (χ2n) is 5.56. The van der Waals surface area contributed by atoms with Gasteiger partial charge in [0.15, 0.2) is 11.5 Å². The van der Waals surface area contributed by atoms with Gasteiger partial charge in [-0.1, -0.05) is 0 Å². The molecule has 0 radical (unpaired) electrons. The first kappa shape index (κ1) is 12.1. The quantitative estimate of drug-likeness (QED) is 0.840. The highest BCUT2D eigenvalue weighted by Crippen LogP contribution is 2.50. The van der Waals surface area contributed by atoms with Crippen molar-refractivity contribution in [3.05, 3.63) is 22.7 Å². The van der Waals surface area contributed by atoms with Crippen molar-refractivity contribution >= 4 is 21.7 Å². The van der Waals surface area contributed by atoms with Crippen molar-refractivity contribution in [3.8, 4) is 22.8 Å². The lowest BCUT2D eigenvalue weighted by molar-refractivity contribution is 0.197. The van der Waals surface area contributed by atoms with Crippen molar-refractivity contribution in [1.29, 1.82) is 0 Å². The summed E-state index contributed by atoms with van der Waals surface area (Å²) < 4.78 is 12.8. The maximum atomic E-state index is 5.94. The van der Waals surface area contributed by atoms with Crippen LogP contribution in [-0.4, -0.2) is 23.4 Å². The van der Waals surface area contributed by atoms with Gasteiger partial charge in [-0.05, 0) is 40.9 Å². The first-order valence-corrected chi connectivity index (χ1v) is 7.35. The van der Waals surface area contributed by atoms with E-state index in [0.717, 1.165) is 40.4 Å². The molecular formula is C14H14BrN3O2. The standard InChI is InChI=1S/C14H14BrN3O2/c15-9-4-12-11(19-6-14(1-2-14)7-20-12)3-8(9)10-5-13(16)18-17-10/h3-5H,1-2,6-7H2,(H3,16,17,18). The Balaban J connectivity index is 1.74. The SMILES string of the molecule is Nc1cc(-c2cc3c(cc2Br)OCC2(CC2)CO3)[nH]n1. The van der Waals surface area contributed by atoms with Gasteiger partial charge in [0.1, 0.15) is 5.82 Å². The lowest BCUT2D eigenvalue weighted by Crippen LogP contribution is -2.17. The van der Waals surface area contributed by atoms with Gasteiger partial charge < -0.3 is 15.2 Å². The van der Waals surface area contributed by atoms with Crippen LogP contribution >= 0.6 is 15.9 Å². The molecule has 1 aliphatic heterocycles. The van der Waals surface area contributed by atoms with Gasteiger partial charge in [0, 0.05) is 21.5 Å². The molecule has 104 valence electrons. The Labute approximate surface area is 124 Å². The van der Waals surface area contributed by atoms with Crippen LogP contribution in [0.25, 0.3) is 11.3 Å². The molecular weight excluding hydrogens is 322 g/mol. The van der Waals surface area contributed by atoms with Crippen LogP contribution in [-0.2, 0) is 0 Å². The average molecular weight is 336 g/mol. The van der Waals surface area contributed by atoms with Crippen LogP contribution in [0.3, 0.4) is 0 Å². The fraction of sp³-hybridized carbons (Fsp3) is 0.357. The van der Waals surface area contributed by atoms with Crippen molar-refractivity contribution in [2.24, 2.45) is 5.41 Å². The third kappa shape index (κ3) is 1.95. The largest absolute Gasteiger partial charge is 0.489 e. The zero-order chi connectivity index (χ0) is 13.7. The Morgan fingerprint density at radius 1 is 1.15 bits per heavy atom. The normalized spacial score (nSPS) is 18.9. The van der Waals surface area contributed by atoms with Crippen molar-refractivity contribution < 1.29 is 9.47 Å². The Hall–Kier alpha value is -1.69. The molecule has 0 amide bonds. The number of ether oxygens (including phenoxy) is 2. The molecule has 6 heteroatoms. The highest BCUT2D eigenvalue weighted by molar-refractivity contribution is 9.10. The van der Waals surface area contributed by atoms with Gasteiger partial charge in [0.2, 0.25) is 0 Å². The summed E-state index contributed by atoms with van der Waals surface area (Å²) in [5.41, 5.74) is 7.71. The van der Waals surface area contributed by atoms with E-state index in [-0.39, 0.29) is 5.41 Å². The van der Waals surface area contributed by atoms with Crippen LogP contribution in [0.4, 0.5) is 5.82 Å². The molecule has 4 rings (SSSR count). The number of hydrogen-bond donors (Lipinski definition) is 2. The van der Waals surface area contributed by atoms with Gasteiger partial charge in [0.25, 0.3) is 0 Å². The number of fused-ring (bicyclic) bond motifs is 1. The number of hydrogen-bond acceptors (Lipinski definition) is 4. The summed E-state index contributed by atoms with van der Waals surface area (Å²) in [5, 5.41) is 6.87. The molecule has 0 bridgehead atoms. The van der Waals surface area contributed by atoms with Gasteiger partial charge in [-0.15, -0.1) is 0 Å². The maximum Gasteiger partial charge on any atom is 0.162 e. The molecule has 2 aromatic rings. The van der Waals surface area contributed by atoms with E-state index >= 15 is 0 Å². The van der Waals surface area contributed by atoms with Gasteiger partial charge in [-0.2, -0.15) is 5.10 Å². The fourth-order valence-electron chi connectivity index (χ4n) is 2.41. The first-order valence-electron chi connectivity index (χ1n) is 6.56. The van der Waals surface area contributed by atoms with E-state index in [0.29, 0.717) is 5.82 Å². The smallest absolute Gasteiger partial charge is 0.162 e. The molecule has 2 aliphatic rings. The van der Waals surface area contributed by atoms with Crippen molar-refractivity contribution in [3.63, 3.8) is 0 Å². The van der Waals surface area contributed by atoms with Crippen LogP contribution in [0.5, 0.6) is 11.5 Å². The Bertz CT molecular complexity index is 679. The summed E-state index contributed by atoms with van der Waals surface area (Å²) in [6.07, 6.45) is 2.37. The highest BCUT2D eigenvalue weighted by Gasteiger charge is 2.46. The minimum absolute atomic E-state index is 0.240. The number of nitrogens with zero attached hydrogens (tertiary/aromatic N) is 1. The highest BCUT2D eigenvalue weighted by atomic mass is 79.9. The van der Waals surface area contributed by atoms with E-state index in [1.165, 1.54) is 12.8 Å². The second-order valence-corrected chi connectivity index (χ2v) is 6.42. The number of rotatable bonds is 1. The van der Waals surface area contributed by atoms with Crippen LogP contribution < -0.4 is 15.2 Å². The topological polar surface area (TPSA) is 73.2 Å². The van der Waals surface area contributed by atoms with E-state index in [1.807, 2.05) is 12.1 Å². The number of benzene rings is 1. The van der Waals surface area contributed by atoms with E-state index in [2.05, 4.69) is 26.1 Å². The average Bonchev–Trinajstić information content (AvgIpc) is 3.13. The number of aromatic amines is 1. The van der Waals surface area contributed by atoms with Crippen molar-refractivity contribution in [1.82, 2.24) is 10.2 Å². The third-order valence-electron chi connectivity index (χ3n) is 3.95. The molecule has 1 aromatic carbocycles. The van der Waals surface area contributed by atoms with E-state index < -0.39 is 0 Å². The maximum absolute atomic E-state index is 5.94. The first-order chi connectivity index (χ1) is 9.65. The molecule has 1 aliphatic carbocycles. The zero-order valence-corrected chi connectivity index (χ0v) is 12.4. The lowest BCUT2D eigenvalue weighted by Gasteiger charge is -2.10. The number of H-pyrrole nitrogens is 1. The number of nitrogen functional groups attached to an aromatic ring is 1.